The molecule has 2 aromatic carbocycles. The monoisotopic (exact) mass is 385 g/mol. The van der Waals surface area contributed by atoms with Gasteiger partial charge < -0.3 is 4.98 Å². The number of carbonyl (C=O) groups excluding carboxylic acids is 1. The molecule has 3 aromatic rings. The zero-order valence-corrected chi connectivity index (χ0v) is 18.6. The Morgan fingerprint density at radius 2 is 1.82 bits per heavy atom. The molecule has 3 heteroatoms. The quantitative estimate of drug-likeness (QED) is 0.415. The van der Waals surface area contributed by atoms with Crippen molar-refractivity contribution in [2.24, 2.45) is 0 Å². The second-order valence-electron chi connectivity index (χ2n) is 9.32. The highest BCUT2D eigenvalue weighted by Crippen LogP contribution is 2.43. The van der Waals surface area contributed by atoms with Crippen LogP contribution in [0.25, 0.3) is 10.9 Å². The summed E-state index contributed by atoms with van der Waals surface area (Å²) in [6, 6.07) is 12.5. The van der Waals surface area contributed by atoms with Gasteiger partial charge in [0.1, 0.15) is 8.07 Å². The lowest BCUT2D eigenvalue weighted by Crippen LogP contribution is -2.30. The van der Waals surface area contributed by atoms with Crippen LogP contribution in [0.4, 0.5) is 0 Å². The molecule has 0 saturated heterocycles. The smallest absolute Gasteiger partial charge is 0.195 e. The lowest BCUT2D eigenvalue weighted by molar-refractivity contribution is 0.103. The molecule has 0 atom stereocenters. The molecular weight excluding hydrogens is 358 g/mol. The Bertz CT molecular complexity index is 1180. The first kappa shape index (κ1) is 18.8. The highest BCUT2D eigenvalue weighted by Gasteiger charge is 2.39. The first-order chi connectivity index (χ1) is 13.1. The van der Waals surface area contributed by atoms with Crippen LogP contribution in [0.1, 0.15) is 59.1 Å². The Morgan fingerprint density at radius 1 is 1.07 bits per heavy atom. The van der Waals surface area contributed by atoms with Gasteiger partial charge in [-0.25, -0.2) is 0 Å². The van der Waals surface area contributed by atoms with Gasteiger partial charge in [-0.05, 0) is 35.7 Å². The third kappa shape index (κ3) is 2.93. The molecule has 28 heavy (non-hydrogen) atoms. The summed E-state index contributed by atoms with van der Waals surface area (Å²) >= 11 is 0. The van der Waals surface area contributed by atoms with Crippen LogP contribution in [-0.2, 0) is 11.8 Å². The summed E-state index contributed by atoms with van der Waals surface area (Å²) in [5.41, 5.74) is 10.2. The van der Waals surface area contributed by atoms with Crippen molar-refractivity contribution in [3.8, 4) is 11.5 Å². The van der Waals surface area contributed by atoms with Crippen molar-refractivity contribution in [3.63, 3.8) is 0 Å². The van der Waals surface area contributed by atoms with E-state index in [1.807, 2.05) is 6.07 Å². The van der Waals surface area contributed by atoms with Crippen LogP contribution in [0.15, 0.2) is 36.4 Å². The van der Waals surface area contributed by atoms with Gasteiger partial charge in [-0.1, -0.05) is 64.5 Å². The fraction of sp³-hybridized carbons (Fsp3) is 0.320. The molecule has 1 heterocycles. The Kier molecular flexibility index (Phi) is 4.17. The van der Waals surface area contributed by atoms with Crippen LogP contribution >= 0.6 is 0 Å². The molecule has 142 valence electrons. The number of carbonyl (C=O) groups is 1. The van der Waals surface area contributed by atoms with Gasteiger partial charge in [0.25, 0.3) is 0 Å². The number of ketones is 1. The summed E-state index contributed by atoms with van der Waals surface area (Å²) in [7, 11) is -1.43. The van der Waals surface area contributed by atoms with Gasteiger partial charge in [0.2, 0.25) is 0 Å². The van der Waals surface area contributed by atoms with E-state index in [4.69, 9.17) is 0 Å². The highest BCUT2D eigenvalue weighted by molar-refractivity contribution is 6.83. The van der Waals surface area contributed by atoms with Crippen molar-refractivity contribution in [2.45, 2.75) is 52.2 Å². The van der Waals surface area contributed by atoms with Crippen molar-refractivity contribution >= 4 is 24.8 Å². The summed E-state index contributed by atoms with van der Waals surface area (Å²) in [5, 5.41) is 0.999. The van der Waals surface area contributed by atoms with Gasteiger partial charge in [0.05, 0.1) is 5.56 Å². The average Bonchev–Trinajstić information content (AvgIpc) is 3.03. The maximum absolute atomic E-state index is 13.4. The fourth-order valence-electron chi connectivity index (χ4n) is 4.05. The van der Waals surface area contributed by atoms with Crippen LogP contribution in [0.2, 0.25) is 19.6 Å². The van der Waals surface area contributed by atoms with Gasteiger partial charge in [-0.15, -0.1) is 5.54 Å². The van der Waals surface area contributed by atoms with Gasteiger partial charge in [0.15, 0.2) is 5.78 Å². The molecule has 0 radical (unpaired) electrons. The minimum Gasteiger partial charge on any atom is -0.357 e. The molecule has 0 saturated carbocycles. The third-order valence-electron chi connectivity index (χ3n) is 5.64. The summed E-state index contributed by atoms with van der Waals surface area (Å²) in [6.07, 6.45) is 0.931. The molecule has 0 unspecified atom stereocenters. The van der Waals surface area contributed by atoms with Crippen LogP contribution in [0.3, 0.4) is 0 Å². The average molecular weight is 386 g/mol. The Balaban J connectivity index is 1.92. The number of benzene rings is 2. The van der Waals surface area contributed by atoms with E-state index >= 15 is 0 Å². The number of nitrogens with one attached hydrogen (secondary N) is 1. The number of H-pyrrole nitrogens is 1. The summed E-state index contributed by atoms with van der Waals surface area (Å²) in [4.78, 5) is 17.0. The van der Waals surface area contributed by atoms with Crippen molar-refractivity contribution in [3.05, 3.63) is 69.9 Å². The Morgan fingerprint density at radius 3 is 2.50 bits per heavy atom. The number of aryl methyl sites for hydroxylation is 1. The highest BCUT2D eigenvalue weighted by atomic mass is 28.3. The molecule has 2 nitrogen and oxygen atoms in total. The predicted octanol–water partition coefficient (Wildman–Crippen LogP) is 5.83. The minimum absolute atomic E-state index is 0.131. The third-order valence-corrected chi connectivity index (χ3v) is 6.52. The second-order valence-corrected chi connectivity index (χ2v) is 14.1. The summed E-state index contributed by atoms with van der Waals surface area (Å²) in [5.74, 6) is 3.46. The second kappa shape index (κ2) is 6.22. The lowest BCUT2D eigenvalue weighted by Gasteiger charge is -2.32. The standard InChI is InChI=1S/C25H27NOSi/c1-7-16-9-11-20-19(14-16)23(27)22-18-10-8-17(12-13-28(4,5)6)15-21(18)26-24(22)25(20,2)3/h8-11,14-15,26H,7H2,1-6H3. The van der Waals surface area contributed by atoms with E-state index in [-0.39, 0.29) is 11.2 Å². The van der Waals surface area contributed by atoms with Gasteiger partial charge in [-0.2, -0.15) is 0 Å². The maximum Gasteiger partial charge on any atom is 0.195 e. The van der Waals surface area contributed by atoms with Gasteiger partial charge in [-0.3, -0.25) is 4.79 Å². The van der Waals surface area contributed by atoms with E-state index in [9.17, 15) is 4.79 Å². The molecule has 0 amide bonds. The Hall–Kier alpha value is -2.57. The maximum atomic E-state index is 13.4. The number of hydrogen-bond acceptors (Lipinski definition) is 1. The number of hydrogen-bond donors (Lipinski definition) is 1. The van der Waals surface area contributed by atoms with E-state index in [1.54, 1.807) is 0 Å². The predicted molar refractivity (Wildman–Crippen MR) is 120 cm³/mol. The first-order valence-corrected chi connectivity index (χ1v) is 13.5. The number of fused-ring (bicyclic) bond motifs is 4. The molecule has 0 spiro atoms. The number of rotatable bonds is 1. The summed E-state index contributed by atoms with van der Waals surface area (Å²) in [6.45, 7) is 13.3. The lowest BCUT2D eigenvalue weighted by atomic mass is 9.71. The molecule has 1 aromatic heterocycles. The van der Waals surface area contributed by atoms with E-state index in [2.05, 4.69) is 87.2 Å². The summed E-state index contributed by atoms with van der Waals surface area (Å²) < 4.78 is 0. The molecule has 0 aliphatic heterocycles. The largest absolute Gasteiger partial charge is 0.357 e. The minimum atomic E-state index is -1.43. The molecule has 0 bridgehead atoms. The SMILES string of the molecule is CCc1ccc2c(c1)C(=O)c1c([nH]c3cc(C#C[Si](C)(C)C)ccc13)C2(C)C. The van der Waals surface area contributed by atoms with Crippen LogP contribution in [-0.4, -0.2) is 18.8 Å². The van der Waals surface area contributed by atoms with Crippen LogP contribution < -0.4 is 0 Å². The van der Waals surface area contributed by atoms with Crippen molar-refractivity contribution < 1.29 is 4.79 Å². The molecule has 1 aliphatic carbocycles. The normalized spacial score (nSPS) is 15.0. The first-order valence-electron chi connectivity index (χ1n) is 9.99. The molecule has 1 aliphatic rings. The van der Waals surface area contributed by atoms with Crippen molar-refractivity contribution in [1.82, 2.24) is 4.98 Å². The number of aromatic amines is 1. The van der Waals surface area contributed by atoms with Crippen molar-refractivity contribution in [2.75, 3.05) is 0 Å². The van der Waals surface area contributed by atoms with E-state index in [0.29, 0.717) is 0 Å². The molecule has 1 N–H and O–H groups in total. The molecule has 0 fully saturated rings. The number of aromatic nitrogens is 1. The molecular formula is C25H27NOSi. The van der Waals surface area contributed by atoms with E-state index < -0.39 is 8.07 Å². The van der Waals surface area contributed by atoms with Crippen molar-refractivity contribution in [1.29, 1.82) is 0 Å². The topological polar surface area (TPSA) is 32.9 Å². The van der Waals surface area contributed by atoms with Crippen LogP contribution in [0, 0.1) is 11.5 Å². The van der Waals surface area contributed by atoms with E-state index in [0.717, 1.165) is 45.3 Å². The van der Waals surface area contributed by atoms with Gasteiger partial charge in [0, 0.05) is 33.1 Å². The zero-order chi connectivity index (χ0) is 20.3. The van der Waals surface area contributed by atoms with E-state index in [1.165, 1.54) is 5.56 Å². The fourth-order valence-corrected chi connectivity index (χ4v) is 4.57. The van der Waals surface area contributed by atoms with Gasteiger partial charge >= 0.3 is 0 Å². The van der Waals surface area contributed by atoms with Crippen LogP contribution in [0.5, 0.6) is 0 Å². The molecule has 4 rings (SSSR count). The zero-order valence-electron chi connectivity index (χ0n) is 17.6. The Labute approximate surface area is 168 Å².